The molecule has 0 N–H and O–H groups in total. The molecule has 1 aromatic carbocycles. The molecule has 0 aliphatic heterocycles. The number of aromatic nitrogens is 1. The van der Waals surface area contributed by atoms with Crippen LogP contribution in [0.5, 0.6) is 0 Å². The van der Waals surface area contributed by atoms with Gasteiger partial charge in [0, 0.05) is 34.0 Å². The van der Waals surface area contributed by atoms with E-state index in [2.05, 4.69) is 20.5 Å². The Morgan fingerprint density at radius 2 is 2.06 bits per heavy atom. The number of ketones is 1. The predicted molar refractivity (Wildman–Crippen MR) is 75.7 cm³/mol. The Kier molecular flexibility index (Phi) is 3.04. The average molecular weight is 325 g/mol. The van der Waals surface area contributed by atoms with Gasteiger partial charge in [-0.2, -0.15) is 0 Å². The van der Waals surface area contributed by atoms with E-state index in [0.29, 0.717) is 11.4 Å². The fraction of sp³-hybridized carbons (Fsp3) is 0.214. The van der Waals surface area contributed by atoms with E-state index in [0.717, 1.165) is 34.3 Å². The number of carbonyl (C=O) groups excluding carboxylic acids is 1. The van der Waals surface area contributed by atoms with Gasteiger partial charge in [-0.25, -0.2) is 0 Å². The molecule has 92 valence electrons. The van der Waals surface area contributed by atoms with Crippen molar-refractivity contribution in [1.82, 2.24) is 4.57 Å². The second-order valence-corrected chi connectivity index (χ2v) is 5.68. The lowest BCUT2D eigenvalue weighted by atomic mass is 9.97. The normalized spacial score (nSPS) is 14.7. The molecule has 0 atom stereocenters. The molecule has 18 heavy (non-hydrogen) atoms. The lowest BCUT2D eigenvalue weighted by Crippen LogP contribution is -2.12. The zero-order chi connectivity index (χ0) is 12.7. The van der Waals surface area contributed by atoms with Crippen LogP contribution in [0, 0.1) is 0 Å². The third kappa shape index (κ3) is 1.91. The Morgan fingerprint density at radius 1 is 1.22 bits per heavy atom. The van der Waals surface area contributed by atoms with Crippen LogP contribution in [0.15, 0.2) is 34.9 Å². The van der Waals surface area contributed by atoms with Crippen molar-refractivity contribution in [3.63, 3.8) is 0 Å². The fourth-order valence-electron chi connectivity index (χ4n) is 2.40. The number of carbonyl (C=O) groups is 1. The van der Waals surface area contributed by atoms with Gasteiger partial charge in [0.25, 0.3) is 0 Å². The largest absolute Gasteiger partial charge is 0.320 e. The highest BCUT2D eigenvalue weighted by Gasteiger charge is 2.21. The van der Waals surface area contributed by atoms with Gasteiger partial charge in [0.2, 0.25) is 0 Å². The Bertz CT molecular complexity index is 633. The molecule has 4 heteroatoms. The van der Waals surface area contributed by atoms with Crippen molar-refractivity contribution in [3.05, 3.63) is 51.2 Å². The molecule has 0 unspecified atom stereocenters. The zero-order valence-corrected chi connectivity index (χ0v) is 12.0. The molecule has 1 aromatic heterocycles. The highest BCUT2D eigenvalue weighted by Crippen LogP contribution is 2.29. The molecule has 0 saturated carbocycles. The molecule has 0 fully saturated rings. The van der Waals surface area contributed by atoms with E-state index in [1.165, 1.54) is 0 Å². The van der Waals surface area contributed by atoms with E-state index in [-0.39, 0.29) is 5.78 Å². The van der Waals surface area contributed by atoms with Gasteiger partial charge < -0.3 is 4.57 Å². The zero-order valence-electron chi connectivity index (χ0n) is 9.62. The summed E-state index contributed by atoms with van der Waals surface area (Å²) >= 11 is 9.43. The summed E-state index contributed by atoms with van der Waals surface area (Å²) in [6.07, 6.45) is 4.52. The molecular weight excluding hydrogens is 314 g/mol. The molecule has 0 radical (unpaired) electrons. The van der Waals surface area contributed by atoms with Crippen LogP contribution in [-0.4, -0.2) is 10.4 Å². The lowest BCUT2D eigenvalue weighted by molar-refractivity contribution is 0.0972. The number of Topliss-reactive ketones (excluding diaryl/α,β-unsaturated/α-hetero) is 1. The number of hydrogen-bond acceptors (Lipinski definition) is 1. The number of fused-ring (bicyclic) bond motifs is 1. The van der Waals surface area contributed by atoms with Gasteiger partial charge in [-0.3, -0.25) is 4.79 Å². The lowest BCUT2D eigenvalue weighted by Gasteiger charge is -2.15. The van der Waals surface area contributed by atoms with Crippen molar-refractivity contribution in [2.75, 3.05) is 0 Å². The van der Waals surface area contributed by atoms with E-state index in [4.69, 9.17) is 11.6 Å². The topological polar surface area (TPSA) is 22.0 Å². The van der Waals surface area contributed by atoms with E-state index in [9.17, 15) is 4.79 Å². The van der Waals surface area contributed by atoms with Crippen LogP contribution in [-0.2, 0) is 6.42 Å². The van der Waals surface area contributed by atoms with Crippen LogP contribution < -0.4 is 0 Å². The molecule has 0 spiro atoms. The molecule has 1 aliphatic carbocycles. The second-order valence-electron chi connectivity index (χ2n) is 4.42. The fourth-order valence-corrected chi connectivity index (χ4v) is 2.89. The van der Waals surface area contributed by atoms with Gasteiger partial charge in [-0.1, -0.05) is 11.6 Å². The van der Waals surface area contributed by atoms with Gasteiger partial charge in [-0.15, -0.1) is 0 Å². The SMILES string of the molecule is O=C1CCCc2c1ccn2-c1ccc(Cl)c(Br)c1. The first kappa shape index (κ1) is 12.0. The molecule has 1 heterocycles. The maximum Gasteiger partial charge on any atom is 0.164 e. The summed E-state index contributed by atoms with van der Waals surface area (Å²) in [5.74, 6) is 0.253. The minimum Gasteiger partial charge on any atom is -0.320 e. The Morgan fingerprint density at radius 3 is 2.83 bits per heavy atom. The van der Waals surface area contributed by atoms with Crippen LogP contribution in [0.2, 0.25) is 5.02 Å². The Labute approximate surface area is 119 Å². The third-order valence-corrected chi connectivity index (χ3v) is 4.51. The van der Waals surface area contributed by atoms with Crippen molar-refractivity contribution in [3.8, 4) is 5.69 Å². The highest BCUT2D eigenvalue weighted by atomic mass is 79.9. The summed E-state index contributed by atoms with van der Waals surface area (Å²) in [6, 6.07) is 7.71. The van der Waals surface area contributed by atoms with Gasteiger partial charge >= 0.3 is 0 Å². The summed E-state index contributed by atoms with van der Waals surface area (Å²) < 4.78 is 2.94. The first-order chi connectivity index (χ1) is 8.66. The molecule has 2 aromatic rings. The first-order valence-corrected chi connectivity index (χ1v) is 7.03. The molecule has 0 bridgehead atoms. The maximum atomic E-state index is 11.8. The van der Waals surface area contributed by atoms with Crippen molar-refractivity contribution >= 4 is 33.3 Å². The van der Waals surface area contributed by atoms with Crippen molar-refractivity contribution in [2.45, 2.75) is 19.3 Å². The monoisotopic (exact) mass is 323 g/mol. The average Bonchev–Trinajstić information content (AvgIpc) is 2.78. The highest BCUT2D eigenvalue weighted by molar-refractivity contribution is 9.10. The van der Waals surface area contributed by atoms with Crippen LogP contribution in [0.25, 0.3) is 5.69 Å². The van der Waals surface area contributed by atoms with Crippen molar-refractivity contribution in [1.29, 1.82) is 0 Å². The van der Waals surface area contributed by atoms with Gasteiger partial charge in [0.15, 0.2) is 5.78 Å². The Balaban J connectivity index is 2.12. The van der Waals surface area contributed by atoms with Crippen LogP contribution in [0.3, 0.4) is 0 Å². The smallest absolute Gasteiger partial charge is 0.164 e. The molecule has 2 nitrogen and oxygen atoms in total. The summed E-state index contributed by atoms with van der Waals surface area (Å²) in [5, 5.41) is 0.691. The summed E-state index contributed by atoms with van der Waals surface area (Å²) in [6.45, 7) is 0. The summed E-state index contributed by atoms with van der Waals surface area (Å²) in [4.78, 5) is 11.8. The van der Waals surface area contributed by atoms with E-state index in [1.54, 1.807) is 0 Å². The Hall–Kier alpha value is -1.06. The number of hydrogen-bond donors (Lipinski definition) is 0. The minimum atomic E-state index is 0.253. The number of benzene rings is 1. The van der Waals surface area contributed by atoms with Crippen molar-refractivity contribution in [2.24, 2.45) is 0 Å². The second kappa shape index (κ2) is 4.56. The standard InChI is InChI=1S/C14H11BrClNO/c15-11-8-9(4-5-12(11)16)17-7-6-10-13(17)2-1-3-14(10)18/h4-8H,1-3H2. The van der Waals surface area contributed by atoms with Gasteiger partial charge in [-0.05, 0) is 53.0 Å². The molecule has 0 saturated heterocycles. The molecule has 0 amide bonds. The summed E-state index contributed by atoms with van der Waals surface area (Å²) in [7, 11) is 0. The molecule has 3 rings (SSSR count). The minimum absolute atomic E-state index is 0.253. The molecular formula is C14H11BrClNO. The van der Waals surface area contributed by atoms with Crippen LogP contribution >= 0.6 is 27.5 Å². The van der Waals surface area contributed by atoms with Crippen LogP contribution in [0.4, 0.5) is 0 Å². The van der Waals surface area contributed by atoms with Gasteiger partial charge in [0.05, 0.1) is 5.02 Å². The summed E-state index contributed by atoms with van der Waals surface area (Å²) in [5.41, 5.74) is 3.01. The predicted octanol–water partition coefficient (Wildman–Crippen LogP) is 4.41. The maximum absolute atomic E-state index is 11.8. The van der Waals surface area contributed by atoms with E-state index < -0.39 is 0 Å². The first-order valence-electron chi connectivity index (χ1n) is 5.85. The number of rotatable bonds is 1. The van der Waals surface area contributed by atoms with Crippen LogP contribution in [0.1, 0.15) is 28.9 Å². The quantitative estimate of drug-likeness (QED) is 0.761. The van der Waals surface area contributed by atoms with Gasteiger partial charge in [0.1, 0.15) is 0 Å². The number of halogens is 2. The van der Waals surface area contributed by atoms with Crippen molar-refractivity contribution < 1.29 is 4.79 Å². The number of nitrogens with zero attached hydrogens (tertiary/aromatic N) is 1. The molecule has 1 aliphatic rings. The third-order valence-electron chi connectivity index (χ3n) is 3.29. The van der Waals surface area contributed by atoms with E-state index in [1.807, 2.05) is 30.5 Å². The van der Waals surface area contributed by atoms with E-state index >= 15 is 0 Å².